The number of rotatable bonds is 7. The average molecular weight is 489 g/mol. The highest BCUT2D eigenvalue weighted by Gasteiger charge is 2.13. The van der Waals surface area contributed by atoms with Crippen LogP contribution < -0.4 is 9.50 Å². The number of carbonyl (C=O) groups excluding carboxylic acids is 1. The largest absolute Gasteiger partial charge is 0.362 e. The van der Waals surface area contributed by atoms with E-state index in [1.54, 1.807) is 30.5 Å². The Morgan fingerprint density at radius 1 is 1.21 bits per heavy atom. The third-order valence-electron chi connectivity index (χ3n) is 4.70. The van der Waals surface area contributed by atoms with Crippen molar-refractivity contribution in [1.29, 1.82) is 0 Å². The Balaban J connectivity index is 1.46. The highest BCUT2D eigenvalue weighted by atomic mass is 35.5. The molecule has 0 aliphatic rings. The number of fused-ring (bicyclic) bond motifs is 1. The van der Waals surface area contributed by atoms with Crippen LogP contribution in [0.5, 0.6) is 5.88 Å². The van der Waals surface area contributed by atoms with Gasteiger partial charge in [-0.25, -0.2) is 9.37 Å². The zero-order chi connectivity index (χ0) is 23.6. The minimum absolute atomic E-state index is 0.0216. The first-order valence-electron chi connectivity index (χ1n) is 9.71. The molecule has 2 N–H and O–H groups in total. The molecule has 170 valence electrons. The molecule has 0 saturated carbocycles. The summed E-state index contributed by atoms with van der Waals surface area (Å²) < 4.78 is 41.7. The van der Waals surface area contributed by atoms with Gasteiger partial charge in [-0.15, -0.1) is 0 Å². The fourth-order valence-corrected chi connectivity index (χ4v) is 3.84. The lowest BCUT2D eigenvalue weighted by molar-refractivity contribution is 0.0950. The van der Waals surface area contributed by atoms with E-state index in [1.165, 1.54) is 24.4 Å². The van der Waals surface area contributed by atoms with E-state index in [0.29, 0.717) is 38.4 Å². The first-order valence-corrected chi connectivity index (χ1v) is 11.9. The van der Waals surface area contributed by atoms with Crippen molar-refractivity contribution < 1.29 is 21.8 Å². The summed E-state index contributed by atoms with van der Waals surface area (Å²) in [5, 5.41) is 3.83. The van der Waals surface area contributed by atoms with E-state index in [1.807, 2.05) is 0 Å². The first kappa shape index (κ1) is 22.7. The van der Waals surface area contributed by atoms with Gasteiger partial charge in [0.05, 0.1) is 17.0 Å². The molecule has 8 nitrogen and oxygen atoms in total. The number of aromatic amines is 1. The number of hydrogen-bond donors (Lipinski definition) is 2. The molecule has 0 atom stereocenters. The third kappa shape index (κ3) is 5.65. The third-order valence-corrected chi connectivity index (χ3v) is 5.48. The summed E-state index contributed by atoms with van der Waals surface area (Å²) >= 11 is 6.09. The maximum absolute atomic E-state index is 14.3. The maximum atomic E-state index is 14.3. The van der Waals surface area contributed by atoms with Gasteiger partial charge in [-0.05, 0) is 30.3 Å². The first-order chi connectivity index (χ1) is 15.7. The van der Waals surface area contributed by atoms with Crippen LogP contribution in [-0.2, 0) is 23.1 Å². The number of H-pyrrole nitrogens is 1. The summed E-state index contributed by atoms with van der Waals surface area (Å²) in [7, 11) is -3.70. The molecule has 1 amide bonds. The summed E-state index contributed by atoms with van der Waals surface area (Å²) in [6, 6.07) is 10.8. The van der Waals surface area contributed by atoms with E-state index in [-0.39, 0.29) is 18.8 Å². The summed E-state index contributed by atoms with van der Waals surface area (Å²) in [6.45, 7) is -0.0216. The molecule has 1 aromatic carbocycles. The number of amides is 1. The highest BCUT2D eigenvalue weighted by molar-refractivity contribution is 7.86. The van der Waals surface area contributed by atoms with Crippen LogP contribution in [-0.4, -0.2) is 35.5 Å². The van der Waals surface area contributed by atoms with Gasteiger partial charge in [-0.2, -0.15) is 8.42 Å². The van der Waals surface area contributed by atoms with Gasteiger partial charge in [-0.1, -0.05) is 17.7 Å². The Labute approximate surface area is 193 Å². The molecule has 0 spiro atoms. The van der Waals surface area contributed by atoms with Crippen LogP contribution >= 0.6 is 11.6 Å². The molecule has 0 aliphatic heterocycles. The summed E-state index contributed by atoms with van der Waals surface area (Å²) in [4.78, 5) is 23.9. The fraction of sp³-hybridized carbons (Fsp3) is 0.136. The molecule has 0 unspecified atom stereocenters. The Hall–Kier alpha value is -3.50. The monoisotopic (exact) mass is 488 g/mol. The number of nitrogens with one attached hydrogen (secondary N) is 2. The minimum atomic E-state index is -3.70. The zero-order valence-electron chi connectivity index (χ0n) is 17.3. The fourth-order valence-electron chi connectivity index (χ4n) is 3.23. The predicted molar refractivity (Wildman–Crippen MR) is 121 cm³/mol. The van der Waals surface area contributed by atoms with Gasteiger partial charge >= 0.3 is 10.1 Å². The van der Waals surface area contributed by atoms with Gasteiger partial charge in [0.25, 0.3) is 5.91 Å². The molecular formula is C22H18ClFN4O4S. The summed E-state index contributed by atoms with van der Waals surface area (Å²) in [5.41, 5.74) is 2.27. The molecule has 4 rings (SSSR count). The Morgan fingerprint density at radius 3 is 2.82 bits per heavy atom. The molecule has 3 aromatic heterocycles. The average Bonchev–Trinajstić information content (AvgIpc) is 3.10. The smallest absolute Gasteiger partial charge is 0.307 e. The predicted octanol–water partition coefficient (Wildman–Crippen LogP) is 3.61. The number of aromatic nitrogens is 3. The number of pyridine rings is 2. The van der Waals surface area contributed by atoms with E-state index in [2.05, 4.69) is 20.3 Å². The van der Waals surface area contributed by atoms with Crippen LogP contribution in [0.1, 0.15) is 27.3 Å². The van der Waals surface area contributed by atoms with Crippen molar-refractivity contribution in [2.45, 2.75) is 13.0 Å². The maximum Gasteiger partial charge on any atom is 0.307 e. The number of nitrogens with zero attached hydrogens (tertiary/aromatic N) is 2. The van der Waals surface area contributed by atoms with E-state index in [9.17, 15) is 17.6 Å². The van der Waals surface area contributed by atoms with Crippen LogP contribution in [0.2, 0.25) is 5.02 Å². The quantitative estimate of drug-likeness (QED) is 0.384. The molecule has 0 bridgehead atoms. The van der Waals surface area contributed by atoms with Crippen molar-refractivity contribution in [2.75, 3.05) is 6.26 Å². The molecule has 0 saturated heterocycles. The lowest BCUT2D eigenvalue weighted by atomic mass is 10.1. The van der Waals surface area contributed by atoms with Crippen molar-refractivity contribution in [1.82, 2.24) is 20.3 Å². The van der Waals surface area contributed by atoms with E-state index in [4.69, 9.17) is 15.8 Å². The van der Waals surface area contributed by atoms with Crippen molar-refractivity contribution in [2.24, 2.45) is 0 Å². The van der Waals surface area contributed by atoms with Crippen LogP contribution in [0.4, 0.5) is 4.39 Å². The number of carbonyl (C=O) groups is 1. The molecule has 33 heavy (non-hydrogen) atoms. The van der Waals surface area contributed by atoms with Crippen molar-refractivity contribution >= 4 is 38.5 Å². The second-order valence-electron chi connectivity index (χ2n) is 7.28. The standard InChI is InChI=1S/C22H18ClFN4O4S/c1-33(30,31)32-21-4-2-3-15(28-21)9-16-7-13(5-6-25-16)22(29)27-11-14-8-17-18(23)12-26-20(17)10-19(14)24/h2-8,10,12,26H,9,11H2,1H3,(H,27,29). The van der Waals surface area contributed by atoms with Crippen LogP contribution in [0.3, 0.4) is 0 Å². The van der Waals surface area contributed by atoms with Crippen molar-refractivity contribution in [3.8, 4) is 5.88 Å². The molecule has 0 aliphatic carbocycles. The Morgan fingerprint density at radius 2 is 2.03 bits per heavy atom. The molecule has 11 heteroatoms. The van der Waals surface area contributed by atoms with Gasteiger partial charge in [0.1, 0.15) is 5.82 Å². The van der Waals surface area contributed by atoms with Gasteiger partial charge < -0.3 is 14.5 Å². The highest BCUT2D eigenvalue weighted by Crippen LogP contribution is 2.25. The normalized spacial score (nSPS) is 11.5. The lowest BCUT2D eigenvalue weighted by Crippen LogP contribution is -2.23. The van der Waals surface area contributed by atoms with Gasteiger partial charge in [0, 0.05) is 59.1 Å². The molecule has 4 aromatic rings. The number of benzene rings is 1. The molecular weight excluding hydrogens is 471 g/mol. The van der Waals surface area contributed by atoms with Crippen LogP contribution in [0, 0.1) is 5.82 Å². The van der Waals surface area contributed by atoms with E-state index < -0.39 is 21.8 Å². The Bertz CT molecular complexity index is 1460. The lowest BCUT2D eigenvalue weighted by Gasteiger charge is -2.09. The minimum Gasteiger partial charge on any atom is -0.362 e. The van der Waals surface area contributed by atoms with Gasteiger partial charge in [0.15, 0.2) is 0 Å². The molecule has 0 radical (unpaired) electrons. The second-order valence-corrected chi connectivity index (χ2v) is 9.26. The molecule has 0 fully saturated rings. The summed E-state index contributed by atoms with van der Waals surface area (Å²) in [5.74, 6) is -0.912. The number of hydrogen-bond acceptors (Lipinski definition) is 6. The van der Waals surface area contributed by atoms with Gasteiger partial charge in [0.2, 0.25) is 5.88 Å². The zero-order valence-corrected chi connectivity index (χ0v) is 18.9. The Kier molecular flexibility index (Phi) is 6.30. The van der Waals surface area contributed by atoms with E-state index >= 15 is 0 Å². The van der Waals surface area contributed by atoms with Crippen LogP contribution in [0.15, 0.2) is 54.9 Å². The molecule has 3 heterocycles. The van der Waals surface area contributed by atoms with Crippen molar-refractivity contribution in [3.05, 3.63) is 88.2 Å². The van der Waals surface area contributed by atoms with Crippen LogP contribution in [0.25, 0.3) is 10.9 Å². The van der Waals surface area contributed by atoms with Crippen molar-refractivity contribution in [3.63, 3.8) is 0 Å². The SMILES string of the molecule is CS(=O)(=O)Oc1cccc(Cc2cc(C(=O)NCc3cc4c(Cl)c[nH]c4cc3F)ccn2)n1. The van der Waals surface area contributed by atoms with E-state index in [0.717, 1.165) is 6.26 Å². The topological polar surface area (TPSA) is 114 Å². The second kappa shape index (κ2) is 9.16. The number of halogens is 2. The summed E-state index contributed by atoms with van der Waals surface area (Å²) in [6.07, 6.45) is 4.23. The van der Waals surface area contributed by atoms with Gasteiger partial charge in [-0.3, -0.25) is 9.78 Å².